The van der Waals surface area contributed by atoms with E-state index in [1.165, 1.54) is 38.6 Å². The lowest BCUT2D eigenvalue weighted by atomic mass is 9.70. The van der Waals surface area contributed by atoms with Crippen molar-refractivity contribution < 1.29 is 9.90 Å². The molecular formula is C20H32N4O2. The first-order chi connectivity index (χ1) is 12.6. The molecule has 26 heavy (non-hydrogen) atoms. The van der Waals surface area contributed by atoms with Crippen LogP contribution in [-0.4, -0.2) is 63.8 Å². The van der Waals surface area contributed by atoms with E-state index in [4.69, 9.17) is 0 Å². The van der Waals surface area contributed by atoms with Gasteiger partial charge in [0.05, 0.1) is 5.92 Å². The van der Waals surface area contributed by atoms with Gasteiger partial charge in [-0.05, 0) is 50.8 Å². The molecule has 0 amide bonds. The number of carbonyl (C=O) groups is 1. The van der Waals surface area contributed by atoms with Crippen LogP contribution in [0.2, 0.25) is 0 Å². The Labute approximate surface area is 155 Å². The van der Waals surface area contributed by atoms with Gasteiger partial charge >= 0.3 is 5.97 Å². The Morgan fingerprint density at radius 1 is 1.23 bits per heavy atom. The van der Waals surface area contributed by atoms with Gasteiger partial charge in [0.25, 0.3) is 0 Å². The third kappa shape index (κ3) is 3.81. The van der Waals surface area contributed by atoms with Crippen LogP contribution in [0.5, 0.6) is 0 Å². The number of hydrogen-bond acceptors (Lipinski definition) is 4. The number of hydrogen-bond donors (Lipinski definition) is 2. The molecule has 1 aliphatic carbocycles. The van der Waals surface area contributed by atoms with E-state index in [-0.39, 0.29) is 11.3 Å². The Morgan fingerprint density at radius 2 is 2.00 bits per heavy atom. The molecule has 1 atom stereocenters. The number of nitrogens with zero attached hydrogens (tertiary/aromatic N) is 3. The minimum Gasteiger partial charge on any atom is -0.481 e. The Balaban J connectivity index is 1.36. The molecule has 3 aliphatic rings. The first kappa shape index (κ1) is 18.0. The highest BCUT2D eigenvalue weighted by Gasteiger charge is 2.51. The van der Waals surface area contributed by atoms with Crippen LogP contribution in [0.1, 0.15) is 50.6 Å². The van der Waals surface area contributed by atoms with Crippen molar-refractivity contribution in [2.75, 3.05) is 32.7 Å². The van der Waals surface area contributed by atoms with Crippen LogP contribution in [0.4, 0.5) is 0 Å². The van der Waals surface area contributed by atoms with Crippen molar-refractivity contribution in [1.82, 2.24) is 20.0 Å². The van der Waals surface area contributed by atoms with Crippen molar-refractivity contribution >= 4 is 5.97 Å². The standard InChI is InChI=1S/C20H32N4O2/c25-19(26)18-14-24(13-17-6-9-21-22-17)15-20(18)7-10-23(11-8-20)12-16-4-2-1-3-5-16/h6,9,16,18H,1-5,7-8,10-15H2,(H,21,22)(H,25,26). The minimum absolute atomic E-state index is 0.0467. The monoisotopic (exact) mass is 360 g/mol. The molecule has 2 saturated heterocycles. The summed E-state index contributed by atoms with van der Waals surface area (Å²) < 4.78 is 0. The summed E-state index contributed by atoms with van der Waals surface area (Å²) in [5, 5.41) is 16.9. The lowest BCUT2D eigenvalue weighted by Gasteiger charge is -2.42. The second-order valence-corrected chi connectivity index (χ2v) is 8.81. The molecule has 6 heteroatoms. The third-order valence-electron chi connectivity index (χ3n) is 7.06. The fourth-order valence-corrected chi connectivity index (χ4v) is 5.57. The van der Waals surface area contributed by atoms with E-state index in [1.54, 1.807) is 6.20 Å². The molecule has 1 spiro atoms. The maximum absolute atomic E-state index is 12.0. The summed E-state index contributed by atoms with van der Waals surface area (Å²) in [6.07, 6.45) is 10.8. The van der Waals surface area contributed by atoms with Crippen molar-refractivity contribution in [3.05, 3.63) is 18.0 Å². The number of aliphatic carboxylic acids is 1. The summed E-state index contributed by atoms with van der Waals surface area (Å²) >= 11 is 0. The molecule has 1 unspecified atom stereocenters. The number of aromatic nitrogens is 2. The average molecular weight is 361 g/mol. The zero-order valence-corrected chi connectivity index (χ0v) is 15.7. The van der Waals surface area contributed by atoms with Crippen LogP contribution in [0.25, 0.3) is 0 Å². The average Bonchev–Trinajstić information content (AvgIpc) is 3.27. The summed E-state index contributed by atoms with van der Waals surface area (Å²) in [4.78, 5) is 16.9. The Hall–Kier alpha value is -1.40. The quantitative estimate of drug-likeness (QED) is 0.844. The zero-order chi connectivity index (χ0) is 18.0. The summed E-state index contributed by atoms with van der Waals surface area (Å²) in [5.41, 5.74) is 1.02. The van der Waals surface area contributed by atoms with E-state index < -0.39 is 5.97 Å². The number of piperidine rings is 1. The molecule has 3 heterocycles. The highest BCUT2D eigenvalue weighted by Crippen LogP contribution is 2.45. The van der Waals surface area contributed by atoms with Gasteiger partial charge in [-0.15, -0.1) is 0 Å². The van der Waals surface area contributed by atoms with Gasteiger partial charge in [-0.25, -0.2) is 0 Å². The molecule has 6 nitrogen and oxygen atoms in total. The number of carboxylic acid groups (broad SMARTS) is 1. The molecule has 1 aromatic rings. The van der Waals surface area contributed by atoms with Crippen molar-refractivity contribution in [3.8, 4) is 0 Å². The van der Waals surface area contributed by atoms with Crippen LogP contribution >= 0.6 is 0 Å². The van der Waals surface area contributed by atoms with Crippen LogP contribution in [0, 0.1) is 17.3 Å². The topological polar surface area (TPSA) is 72.5 Å². The van der Waals surface area contributed by atoms with Gasteiger partial charge in [0.1, 0.15) is 0 Å². The first-order valence-corrected chi connectivity index (χ1v) is 10.3. The Kier molecular flexibility index (Phi) is 5.32. The third-order valence-corrected chi connectivity index (χ3v) is 7.06. The molecule has 1 aromatic heterocycles. The molecule has 2 aliphatic heterocycles. The normalized spacial score (nSPS) is 27.9. The SMILES string of the molecule is O=C(O)C1CN(Cc2ccn[nH]2)CC12CCN(CC1CCCCC1)CC2. The van der Waals surface area contributed by atoms with Gasteiger partial charge in [-0.2, -0.15) is 5.10 Å². The summed E-state index contributed by atoms with van der Waals surface area (Å²) in [7, 11) is 0. The number of aromatic amines is 1. The fourth-order valence-electron chi connectivity index (χ4n) is 5.57. The van der Waals surface area contributed by atoms with E-state index >= 15 is 0 Å². The van der Waals surface area contributed by atoms with Crippen LogP contribution in [0.3, 0.4) is 0 Å². The number of carboxylic acids is 1. The fraction of sp³-hybridized carbons (Fsp3) is 0.800. The number of rotatable bonds is 5. The maximum atomic E-state index is 12.0. The van der Waals surface area contributed by atoms with Gasteiger partial charge in [0.2, 0.25) is 0 Å². The lowest BCUT2D eigenvalue weighted by Crippen LogP contribution is -2.47. The molecule has 0 aromatic carbocycles. The first-order valence-electron chi connectivity index (χ1n) is 10.3. The van der Waals surface area contributed by atoms with Gasteiger partial charge in [-0.1, -0.05) is 19.3 Å². The van der Waals surface area contributed by atoms with E-state index in [0.29, 0.717) is 6.54 Å². The number of likely N-dealkylation sites (tertiary alicyclic amines) is 2. The van der Waals surface area contributed by atoms with Gasteiger partial charge in [0.15, 0.2) is 0 Å². The Bertz CT molecular complexity index is 589. The van der Waals surface area contributed by atoms with Crippen LogP contribution < -0.4 is 0 Å². The molecule has 144 valence electrons. The van der Waals surface area contributed by atoms with Gasteiger partial charge < -0.3 is 10.0 Å². The van der Waals surface area contributed by atoms with Crippen LogP contribution in [0.15, 0.2) is 12.3 Å². The predicted molar refractivity (Wildman–Crippen MR) is 99.7 cm³/mol. The zero-order valence-electron chi connectivity index (χ0n) is 15.7. The molecule has 0 radical (unpaired) electrons. The van der Waals surface area contributed by atoms with Gasteiger partial charge in [0, 0.05) is 43.5 Å². The molecule has 4 rings (SSSR count). The largest absolute Gasteiger partial charge is 0.481 e. The second-order valence-electron chi connectivity index (χ2n) is 8.81. The Morgan fingerprint density at radius 3 is 2.65 bits per heavy atom. The summed E-state index contributed by atoms with van der Waals surface area (Å²) in [6, 6.07) is 1.98. The van der Waals surface area contributed by atoms with E-state index in [2.05, 4.69) is 20.0 Å². The van der Waals surface area contributed by atoms with Crippen molar-refractivity contribution in [3.63, 3.8) is 0 Å². The van der Waals surface area contributed by atoms with Crippen LogP contribution in [-0.2, 0) is 11.3 Å². The number of nitrogens with one attached hydrogen (secondary N) is 1. The molecular weight excluding hydrogens is 328 g/mol. The molecule has 1 saturated carbocycles. The van der Waals surface area contributed by atoms with Crippen molar-refractivity contribution in [2.45, 2.75) is 51.5 Å². The summed E-state index contributed by atoms with van der Waals surface area (Å²) in [5.74, 6) is 0.0219. The second kappa shape index (κ2) is 7.69. The smallest absolute Gasteiger partial charge is 0.308 e. The number of H-pyrrole nitrogens is 1. The lowest BCUT2D eigenvalue weighted by molar-refractivity contribution is -0.146. The molecule has 0 bridgehead atoms. The van der Waals surface area contributed by atoms with E-state index in [9.17, 15) is 9.90 Å². The van der Waals surface area contributed by atoms with Crippen molar-refractivity contribution in [2.24, 2.45) is 17.3 Å². The highest BCUT2D eigenvalue weighted by atomic mass is 16.4. The van der Waals surface area contributed by atoms with E-state index in [1.807, 2.05) is 6.07 Å². The predicted octanol–water partition coefficient (Wildman–Crippen LogP) is 2.59. The molecule has 2 N–H and O–H groups in total. The maximum Gasteiger partial charge on any atom is 0.308 e. The van der Waals surface area contributed by atoms with Crippen molar-refractivity contribution in [1.29, 1.82) is 0 Å². The van der Waals surface area contributed by atoms with Gasteiger partial charge in [-0.3, -0.25) is 14.8 Å². The molecule has 3 fully saturated rings. The highest BCUT2D eigenvalue weighted by molar-refractivity contribution is 5.72. The van der Waals surface area contributed by atoms with E-state index in [0.717, 1.165) is 50.6 Å². The minimum atomic E-state index is -0.613. The summed E-state index contributed by atoms with van der Waals surface area (Å²) in [6.45, 7) is 5.70.